The molecule has 2 aromatic rings. The third-order valence-electron chi connectivity index (χ3n) is 2.58. The highest BCUT2D eigenvalue weighted by Gasteiger charge is 2.02. The molecule has 0 spiro atoms. The highest BCUT2D eigenvalue weighted by molar-refractivity contribution is 14.0. The Bertz CT molecular complexity index is 406. The smallest absolute Gasteiger partial charge is 0.0152 e. The molecular weight excluding hydrogens is 422 g/mol. The van der Waals surface area contributed by atoms with Crippen molar-refractivity contribution in [3.05, 3.63) is 59.7 Å². The van der Waals surface area contributed by atoms with Gasteiger partial charge in [0.2, 0.25) is 0 Å². The largest absolute Gasteiger partial charge is 0.107 e. The number of rotatable bonds is 1. The van der Waals surface area contributed by atoms with Crippen molar-refractivity contribution in [3.63, 3.8) is 0 Å². The summed E-state index contributed by atoms with van der Waals surface area (Å²) in [5, 5.41) is 0. The van der Waals surface area contributed by atoms with Crippen LogP contribution >= 0.6 is 48.0 Å². The average Bonchev–Trinajstić information content (AvgIpc) is 2.20. The number of hydrogen-bond donors (Lipinski definition) is 0. The Kier molecular flexibility index (Phi) is 7.22. The van der Waals surface area contributed by atoms with Gasteiger partial charge in [0, 0.05) is 0 Å². The maximum Gasteiger partial charge on any atom is -0.0152 e. The molecule has 0 atom stereocenters. The molecule has 2 heteroatoms. The molecule has 16 heavy (non-hydrogen) atoms. The molecule has 0 fully saturated rings. The minimum Gasteiger partial charge on any atom is -0.107 e. The number of aryl methyl sites for hydroxylation is 2. The molecule has 0 radical (unpaired) electrons. The van der Waals surface area contributed by atoms with E-state index in [1.807, 2.05) is 0 Å². The first-order valence-electron chi connectivity index (χ1n) is 4.90. The van der Waals surface area contributed by atoms with Gasteiger partial charge >= 0.3 is 0 Å². The maximum absolute atomic E-state index is 2.18. The second-order valence-corrected chi connectivity index (χ2v) is 3.63. The zero-order valence-corrected chi connectivity index (χ0v) is 14.1. The van der Waals surface area contributed by atoms with Gasteiger partial charge in [-0.2, -0.15) is 0 Å². The van der Waals surface area contributed by atoms with Crippen LogP contribution in [0.5, 0.6) is 0 Å². The first-order chi connectivity index (χ1) is 6.79. The van der Waals surface area contributed by atoms with Crippen LogP contribution in [0.3, 0.4) is 0 Å². The summed E-state index contributed by atoms with van der Waals surface area (Å²) in [6.07, 6.45) is 0. The number of halogens is 2. The molecule has 0 unspecified atom stereocenters. The van der Waals surface area contributed by atoms with Gasteiger partial charge in [-0.05, 0) is 36.1 Å². The summed E-state index contributed by atoms with van der Waals surface area (Å²) in [6.45, 7) is 4.31. The summed E-state index contributed by atoms with van der Waals surface area (Å²) in [5.74, 6) is 0. The van der Waals surface area contributed by atoms with E-state index in [9.17, 15) is 0 Å². The van der Waals surface area contributed by atoms with E-state index in [1.165, 1.54) is 22.3 Å². The third-order valence-corrected chi connectivity index (χ3v) is 2.58. The van der Waals surface area contributed by atoms with Crippen LogP contribution in [0.1, 0.15) is 11.1 Å². The SMILES string of the molecule is Cc1ccccc1-c1ccccc1C.I.I. The summed E-state index contributed by atoms with van der Waals surface area (Å²) in [6, 6.07) is 17.0. The van der Waals surface area contributed by atoms with Crippen LogP contribution in [0.2, 0.25) is 0 Å². The van der Waals surface area contributed by atoms with Gasteiger partial charge in [-0.1, -0.05) is 48.5 Å². The molecule has 0 nitrogen and oxygen atoms in total. The minimum absolute atomic E-state index is 0. The lowest BCUT2D eigenvalue weighted by Crippen LogP contribution is -1.85. The molecule has 0 aliphatic rings. The molecule has 0 aromatic heterocycles. The van der Waals surface area contributed by atoms with Gasteiger partial charge in [-0.25, -0.2) is 0 Å². The Labute approximate surface area is 132 Å². The molecule has 86 valence electrons. The highest BCUT2D eigenvalue weighted by atomic mass is 127. The fourth-order valence-corrected chi connectivity index (χ4v) is 1.75. The molecule has 0 aliphatic heterocycles. The Hall–Kier alpha value is -0.1000. The van der Waals surface area contributed by atoms with E-state index in [0.717, 1.165) is 0 Å². The minimum atomic E-state index is 0. The van der Waals surface area contributed by atoms with E-state index in [-0.39, 0.29) is 48.0 Å². The monoisotopic (exact) mass is 438 g/mol. The van der Waals surface area contributed by atoms with Crippen LogP contribution in [-0.2, 0) is 0 Å². The van der Waals surface area contributed by atoms with Crippen molar-refractivity contribution < 1.29 is 0 Å². The van der Waals surface area contributed by atoms with Crippen molar-refractivity contribution in [2.24, 2.45) is 0 Å². The van der Waals surface area contributed by atoms with Crippen LogP contribution in [0, 0.1) is 13.8 Å². The summed E-state index contributed by atoms with van der Waals surface area (Å²) < 4.78 is 0. The fraction of sp³-hybridized carbons (Fsp3) is 0.143. The topological polar surface area (TPSA) is 0 Å². The van der Waals surface area contributed by atoms with Crippen molar-refractivity contribution in [2.75, 3.05) is 0 Å². The van der Waals surface area contributed by atoms with Crippen LogP contribution in [-0.4, -0.2) is 0 Å². The van der Waals surface area contributed by atoms with Gasteiger partial charge in [0.15, 0.2) is 0 Å². The van der Waals surface area contributed by atoms with Crippen LogP contribution in [0.4, 0.5) is 0 Å². The maximum atomic E-state index is 2.18. The van der Waals surface area contributed by atoms with Crippen LogP contribution in [0.15, 0.2) is 48.5 Å². The normalized spacial score (nSPS) is 8.88. The van der Waals surface area contributed by atoms with Crippen LogP contribution < -0.4 is 0 Å². The Morgan fingerprint density at radius 1 is 0.562 bits per heavy atom. The first-order valence-corrected chi connectivity index (χ1v) is 4.90. The molecule has 0 bridgehead atoms. The Morgan fingerprint density at radius 2 is 0.875 bits per heavy atom. The van der Waals surface area contributed by atoms with E-state index >= 15 is 0 Å². The fourth-order valence-electron chi connectivity index (χ4n) is 1.75. The molecule has 0 aliphatic carbocycles. The lowest BCUT2D eigenvalue weighted by Gasteiger charge is -2.08. The van der Waals surface area contributed by atoms with Crippen molar-refractivity contribution in [1.29, 1.82) is 0 Å². The number of hydrogen-bond acceptors (Lipinski definition) is 0. The van der Waals surface area contributed by atoms with Gasteiger partial charge in [-0.3, -0.25) is 0 Å². The van der Waals surface area contributed by atoms with Crippen molar-refractivity contribution >= 4 is 48.0 Å². The van der Waals surface area contributed by atoms with Gasteiger partial charge in [0.1, 0.15) is 0 Å². The molecule has 0 amide bonds. The molecular formula is C14H16I2. The second kappa shape index (κ2) is 7.27. The molecule has 2 aromatic carbocycles. The summed E-state index contributed by atoms with van der Waals surface area (Å²) in [7, 11) is 0. The zero-order valence-electron chi connectivity index (χ0n) is 9.44. The molecule has 2 rings (SSSR count). The predicted molar refractivity (Wildman–Crippen MR) is 92.2 cm³/mol. The molecule has 0 heterocycles. The predicted octanol–water partition coefficient (Wildman–Crippen LogP) is 5.21. The van der Waals surface area contributed by atoms with E-state index < -0.39 is 0 Å². The lowest BCUT2D eigenvalue weighted by atomic mass is 9.97. The average molecular weight is 438 g/mol. The first kappa shape index (κ1) is 15.9. The molecule has 0 N–H and O–H groups in total. The van der Waals surface area contributed by atoms with Gasteiger partial charge in [0.05, 0.1) is 0 Å². The lowest BCUT2D eigenvalue weighted by molar-refractivity contribution is 1.41. The molecule has 0 saturated heterocycles. The van der Waals surface area contributed by atoms with Gasteiger partial charge in [-0.15, -0.1) is 48.0 Å². The van der Waals surface area contributed by atoms with Gasteiger partial charge in [0.25, 0.3) is 0 Å². The summed E-state index contributed by atoms with van der Waals surface area (Å²) in [5.41, 5.74) is 5.35. The summed E-state index contributed by atoms with van der Waals surface area (Å²) >= 11 is 0. The quantitative estimate of drug-likeness (QED) is 0.537. The Balaban J connectivity index is 0.00000112. The zero-order chi connectivity index (χ0) is 9.97. The van der Waals surface area contributed by atoms with Gasteiger partial charge < -0.3 is 0 Å². The van der Waals surface area contributed by atoms with E-state index in [4.69, 9.17) is 0 Å². The summed E-state index contributed by atoms with van der Waals surface area (Å²) in [4.78, 5) is 0. The van der Waals surface area contributed by atoms with E-state index in [0.29, 0.717) is 0 Å². The molecule has 0 saturated carbocycles. The van der Waals surface area contributed by atoms with E-state index in [1.54, 1.807) is 0 Å². The third kappa shape index (κ3) is 3.45. The van der Waals surface area contributed by atoms with E-state index in [2.05, 4.69) is 62.4 Å². The van der Waals surface area contributed by atoms with Crippen molar-refractivity contribution in [2.45, 2.75) is 13.8 Å². The van der Waals surface area contributed by atoms with Crippen molar-refractivity contribution in [1.82, 2.24) is 0 Å². The standard InChI is InChI=1S/C14H14.2HI/c1-11-7-3-5-9-13(11)14-10-6-4-8-12(14)2;;/h3-10H,1-2H3;2*1H. The highest BCUT2D eigenvalue weighted by Crippen LogP contribution is 2.25. The number of benzene rings is 2. The Morgan fingerprint density at radius 3 is 1.19 bits per heavy atom. The van der Waals surface area contributed by atoms with Crippen LogP contribution in [0.25, 0.3) is 11.1 Å². The van der Waals surface area contributed by atoms with Crippen molar-refractivity contribution in [3.8, 4) is 11.1 Å². The second-order valence-electron chi connectivity index (χ2n) is 3.63.